The normalized spacial score (nSPS) is 18.7. The van der Waals surface area contributed by atoms with Gasteiger partial charge in [0, 0.05) is 31.3 Å². The topological polar surface area (TPSA) is 32.8 Å². The van der Waals surface area contributed by atoms with Crippen molar-refractivity contribution in [3.05, 3.63) is 34.9 Å². The van der Waals surface area contributed by atoms with Gasteiger partial charge in [-0.15, -0.1) is 11.8 Å². The zero-order chi connectivity index (χ0) is 17.5. The van der Waals surface area contributed by atoms with Crippen molar-refractivity contribution >= 4 is 17.7 Å². The van der Waals surface area contributed by atoms with Gasteiger partial charge in [0.15, 0.2) is 0 Å². The first kappa shape index (κ1) is 19.3. The zero-order valence-electron chi connectivity index (χ0n) is 15.4. The lowest BCUT2D eigenvalue weighted by atomic mass is 10.1. The van der Waals surface area contributed by atoms with Crippen molar-refractivity contribution in [2.45, 2.75) is 19.6 Å². The number of aryl methyl sites for hydroxylation is 2. The third kappa shape index (κ3) is 6.46. The van der Waals surface area contributed by atoms with Gasteiger partial charge in [-0.2, -0.15) is 0 Å². The van der Waals surface area contributed by atoms with Gasteiger partial charge in [0.1, 0.15) is 0 Å². The Morgan fingerprint density at radius 2 is 2.00 bits per heavy atom. The molecule has 0 aromatic heterocycles. The van der Waals surface area contributed by atoms with Crippen molar-refractivity contribution in [1.82, 2.24) is 9.80 Å². The number of hydrogen-bond donors (Lipinski definition) is 0. The van der Waals surface area contributed by atoms with Crippen LogP contribution in [0.2, 0.25) is 0 Å². The lowest BCUT2D eigenvalue weighted by Crippen LogP contribution is -2.39. The van der Waals surface area contributed by atoms with Crippen molar-refractivity contribution in [2.75, 3.05) is 52.7 Å². The maximum atomic E-state index is 12.5. The van der Waals surface area contributed by atoms with Crippen molar-refractivity contribution < 1.29 is 9.53 Å². The number of benzene rings is 1. The molecule has 0 unspecified atom stereocenters. The Balaban J connectivity index is 1.82. The highest BCUT2D eigenvalue weighted by molar-refractivity contribution is 7.99. The molecule has 4 nitrogen and oxygen atoms in total. The molecular weight excluding hydrogens is 320 g/mol. The first-order valence-electron chi connectivity index (χ1n) is 8.59. The quantitative estimate of drug-likeness (QED) is 0.789. The van der Waals surface area contributed by atoms with Gasteiger partial charge in [0.2, 0.25) is 5.91 Å². The molecule has 1 aliphatic heterocycles. The number of hydrogen-bond acceptors (Lipinski definition) is 4. The SMILES string of the molecule is Cc1cc(C)cc(CSCC(=O)N2CCOC[C@@H](CN(C)C)C2)c1. The second-order valence-electron chi connectivity index (χ2n) is 7.03. The summed E-state index contributed by atoms with van der Waals surface area (Å²) >= 11 is 1.71. The summed E-state index contributed by atoms with van der Waals surface area (Å²) in [6.45, 7) is 8.12. The molecule has 0 N–H and O–H groups in total. The molecule has 5 heteroatoms. The summed E-state index contributed by atoms with van der Waals surface area (Å²) in [6, 6.07) is 6.59. The maximum absolute atomic E-state index is 12.5. The number of ether oxygens (including phenoxy) is 1. The molecule has 1 heterocycles. The number of carbonyl (C=O) groups is 1. The van der Waals surface area contributed by atoms with Gasteiger partial charge in [-0.1, -0.05) is 29.3 Å². The molecule has 1 saturated heterocycles. The van der Waals surface area contributed by atoms with Gasteiger partial charge >= 0.3 is 0 Å². The van der Waals surface area contributed by atoms with E-state index < -0.39 is 0 Å². The predicted molar refractivity (Wildman–Crippen MR) is 102 cm³/mol. The number of thioether (sulfide) groups is 1. The lowest BCUT2D eigenvalue weighted by Gasteiger charge is -2.25. The standard InChI is InChI=1S/C19H30N2O2S/c1-15-7-16(2)9-17(8-15)13-24-14-19(22)21-5-6-23-12-18(11-21)10-20(3)4/h7-9,18H,5-6,10-14H2,1-4H3/t18-/m0/s1. The predicted octanol–water partition coefficient (Wildman–Crippen LogP) is 2.57. The first-order chi connectivity index (χ1) is 11.4. The molecule has 1 aliphatic rings. The van der Waals surface area contributed by atoms with E-state index in [1.54, 1.807) is 11.8 Å². The third-order valence-electron chi connectivity index (χ3n) is 4.09. The van der Waals surface area contributed by atoms with E-state index in [4.69, 9.17) is 4.74 Å². The maximum Gasteiger partial charge on any atom is 0.232 e. The Morgan fingerprint density at radius 1 is 1.29 bits per heavy atom. The van der Waals surface area contributed by atoms with Crippen LogP contribution in [0, 0.1) is 19.8 Å². The van der Waals surface area contributed by atoms with Crippen LogP contribution in [0.15, 0.2) is 18.2 Å². The fourth-order valence-corrected chi connectivity index (χ4v) is 4.10. The van der Waals surface area contributed by atoms with Crippen LogP contribution in [0.5, 0.6) is 0 Å². The number of rotatable bonds is 6. The van der Waals surface area contributed by atoms with E-state index in [2.05, 4.69) is 51.0 Å². The molecule has 134 valence electrons. The van der Waals surface area contributed by atoms with Gasteiger partial charge in [0.25, 0.3) is 0 Å². The highest BCUT2D eigenvalue weighted by Gasteiger charge is 2.22. The smallest absolute Gasteiger partial charge is 0.232 e. The van der Waals surface area contributed by atoms with Crippen LogP contribution in [0.4, 0.5) is 0 Å². The molecule has 1 atom stereocenters. The van der Waals surface area contributed by atoms with Crippen LogP contribution in [0.1, 0.15) is 16.7 Å². The van der Waals surface area contributed by atoms with Crippen LogP contribution in [-0.2, 0) is 15.3 Å². The second kappa shape index (κ2) is 9.44. The van der Waals surface area contributed by atoms with Crippen LogP contribution >= 0.6 is 11.8 Å². The minimum Gasteiger partial charge on any atom is -0.379 e. The van der Waals surface area contributed by atoms with Crippen LogP contribution < -0.4 is 0 Å². The molecule has 24 heavy (non-hydrogen) atoms. The van der Waals surface area contributed by atoms with E-state index in [0.717, 1.165) is 25.4 Å². The summed E-state index contributed by atoms with van der Waals surface area (Å²) in [7, 11) is 4.13. The number of carbonyl (C=O) groups excluding carboxylic acids is 1. The molecule has 0 radical (unpaired) electrons. The van der Waals surface area contributed by atoms with Crippen molar-refractivity contribution in [1.29, 1.82) is 0 Å². The molecule has 1 aromatic carbocycles. The van der Waals surface area contributed by atoms with Crippen molar-refractivity contribution in [3.8, 4) is 0 Å². The van der Waals surface area contributed by atoms with E-state index in [-0.39, 0.29) is 5.91 Å². The molecule has 1 amide bonds. The number of nitrogens with zero attached hydrogens (tertiary/aromatic N) is 2. The first-order valence-corrected chi connectivity index (χ1v) is 9.74. The Morgan fingerprint density at radius 3 is 2.67 bits per heavy atom. The van der Waals surface area contributed by atoms with E-state index in [1.807, 2.05) is 4.90 Å². The summed E-state index contributed by atoms with van der Waals surface area (Å²) in [6.07, 6.45) is 0. The Hall–Kier alpha value is -1.04. The summed E-state index contributed by atoms with van der Waals surface area (Å²) in [5.74, 6) is 2.07. The minimum absolute atomic E-state index is 0.235. The number of amides is 1. The van der Waals surface area contributed by atoms with E-state index in [0.29, 0.717) is 24.8 Å². The second-order valence-corrected chi connectivity index (χ2v) is 8.02. The van der Waals surface area contributed by atoms with E-state index >= 15 is 0 Å². The zero-order valence-corrected chi connectivity index (χ0v) is 16.2. The fourth-order valence-electron chi connectivity index (χ4n) is 3.23. The van der Waals surface area contributed by atoms with Gasteiger partial charge in [-0.3, -0.25) is 4.79 Å². The van der Waals surface area contributed by atoms with Crippen molar-refractivity contribution in [2.24, 2.45) is 5.92 Å². The van der Waals surface area contributed by atoms with Crippen LogP contribution in [0.25, 0.3) is 0 Å². The van der Waals surface area contributed by atoms with Gasteiger partial charge < -0.3 is 14.5 Å². The average molecular weight is 351 g/mol. The highest BCUT2D eigenvalue weighted by atomic mass is 32.2. The van der Waals surface area contributed by atoms with Gasteiger partial charge in [-0.25, -0.2) is 0 Å². The summed E-state index contributed by atoms with van der Waals surface area (Å²) in [5, 5.41) is 0. The Bertz CT molecular complexity index is 528. The fraction of sp³-hybridized carbons (Fsp3) is 0.632. The third-order valence-corrected chi connectivity index (χ3v) is 5.08. The summed E-state index contributed by atoms with van der Waals surface area (Å²) in [4.78, 5) is 16.7. The van der Waals surface area contributed by atoms with Crippen LogP contribution in [-0.4, -0.2) is 68.4 Å². The Labute approximate surface area is 150 Å². The monoisotopic (exact) mass is 350 g/mol. The molecular formula is C19H30N2O2S. The molecule has 0 saturated carbocycles. The van der Waals surface area contributed by atoms with Gasteiger partial charge in [0.05, 0.1) is 19.0 Å². The molecule has 1 fully saturated rings. The molecule has 0 aliphatic carbocycles. The highest BCUT2D eigenvalue weighted by Crippen LogP contribution is 2.17. The van der Waals surface area contributed by atoms with Crippen LogP contribution in [0.3, 0.4) is 0 Å². The lowest BCUT2D eigenvalue weighted by molar-refractivity contribution is -0.128. The largest absolute Gasteiger partial charge is 0.379 e. The summed E-state index contributed by atoms with van der Waals surface area (Å²) < 4.78 is 5.66. The van der Waals surface area contributed by atoms with Gasteiger partial charge in [-0.05, 0) is 33.5 Å². The Kier molecular flexibility index (Phi) is 7.59. The van der Waals surface area contributed by atoms with Crippen molar-refractivity contribution in [3.63, 3.8) is 0 Å². The van der Waals surface area contributed by atoms with E-state index in [1.165, 1.54) is 16.7 Å². The molecule has 0 spiro atoms. The molecule has 0 bridgehead atoms. The summed E-state index contributed by atoms with van der Waals surface area (Å²) in [5.41, 5.74) is 3.87. The van der Waals surface area contributed by atoms with E-state index in [9.17, 15) is 4.79 Å². The molecule has 1 aromatic rings. The minimum atomic E-state index is 0.235. The average Bonchev–Trinajstić information content (AvgIpc) is 2.71. The molecule has 2 rings (SSSR count).